The Morgan fingerprint density at radius 2 is 1.83 bits per heavy atom. The number of phenolic OH excluding ortho intramolecular Hbond substituents is 1. The van der Waals surface area contributed by atoms with Crippen molar-refractivity contribution in [3.05, 3.63) is 82.9 Å². The van der Waals surface area contributed by atoms with Gasteiger partial charge in [0.05, 0.1) is 36.8 Å². The molecule has 6 rings (SSSR count). The number of benzene rings is 3. The summed E-state index contributed by atoms with van der Waals surface area (Å²) in [6, 6.07) is 17.7. The average molecular weight is 567 g/mol. The number of ether oxygens (including phenoxy) is 2. The molecule has 2 amide bonds. The van der Waals surface area contributed by atoms with Gasteiger partial charge in [-0.05, 0) is 71.9 Å². The van der Waals surface area contributed by atoms with Crippen LogP contribution in [-0.4, -0.2) is 60.5 Å². The molecule has 1 aliphatic carbocycles. The predicted molar refractivity (Wildman–Crippen MR) is 161 cm³/mol. The van der Waals surface area contributed by atoms with Gasteiger partial charge < -0.3 is 24.6 Å². The molecule has 0 aromatic heterocycles. The minimum Gasteiger partial charge on any atom is -0.507 e. The van der Waals surface area contributed by atoms with Gasteiger partial charge in [-0.25, -0.2) is 0 Å². The molecule has 0 bridgehead atoms. The molecule has 0 radical (unpaired) electrons. The van der Waals surface area contributed by atoms with Crippen molar-refractivity contribution >= 4 is 46.9 Å². The van der Waals surface area contributed by atoms with Crippen LogP contribution in [0.3, 0.4) is 0 Å². The number of carbonyl (C=O) groups is 2. The Balaban J connectivity index is 1.24. The van der Waals surface area contributed by atoms with E-state index >= 15 is 0 Å². The number of hydrogen-bond acceptors (Lipinski definition) is 7. The van der Waals surface area contributed by atoms with E-state index in [9.17, 15) is 24.7 Å². The Hall–Kier alpha value is -3.76. The molecule has 42 heavy (non-hydrogen) atoms. The number of imide groups is 1. The molecular formula is C33H34BNO7. The molecule has 2 aliphatic heterocycles. The molecular weight excluding hydrogens is 533 g/mol. The van der Waals surface area contributed by atoms with Crippen molar-refractivity contribution in [1.29, 1.82) is 0 Å². The summed E-state index contributed by atoms with van der Waals surface area (Å²) in [4.78, 5) is 28.6. The van der Waals surface area contributed by atoms with Crippen molar-refractivity contribution in [1.82, 2.24) is 0 Å². The van der Waals surface area contributed by atoms with Gasteiger partial charge >= 0.3 is 7.12 Å². The zero-order valence-corrected chi connectivity index (χ0v) is 23.7. The van der Waals surface area contributed by atoms with Crippen LogP contribution in [0.2, 0.25) is 0 Å². The number of allylic oxidation sites excluding steroid dienone is 1. The van der Waals surface area contributed by atoms with Crippen LogP contribution >= 0.6 is 0 Å². The first-order chi connectivity index (χ1) is 20.3. The maximum Gasteiger partial charge on any atom is 0.488 e. The second kappa shape index (κ2) is 11.5. The number of aromatic hydroxyl groups is 1. The first-order valence-corrected chi connectivity index (χ1v) is 14.3. The SMILES string of the molecule is COCC1=C2[C@@H](CC/C(C)=C/c3ccc(O)c4ccccc34)OC[C@@H]2[C@@H]2C(=O)N(c3cccc(B(O)O)c3)C(=O)[C@@H]2C1. The number of carbonyl (C=O) groups excluding carboxylic acids is 2. The van der Waals surface area contributed by atoms with Gasteiger partial charge in [0.15, 0.2) is 0 Å². The summed E-state index contributed by atoms with van der Waals surface area (Å²) >= 11 is 0. The lowest BCUT2D eigenvalue weighted by Gasteiger charge is -2.31. The topological polar surface area (TPSA) is 117 Å². The highest BCUT2D eigenvalue weighted by Crippen LogP contribution is 2.50. The molecule has 0 spiro atoms. The molecule has 9 heteroatoms. The summed E-state index contributed by atoms with van der Waals surface area (Å²) in [5, 5.41) is 31.3. The van der Waals surface area contributed by atoms with E-state index in [4.69, 9.17) is 9.47 Å². The fourth-order valence-corrected chi connectivity index (χ4v) is 6.99. The third-order valence-electron chi connectivity index (χ3n) is 8.89. The average Bonchev–Trinajstić information content (AvgIpc) is 3.52. The number of amides is 2. The third-order valence-corrected chi connectivity index (χ3v) is 8.89. The van der Waals surface area contributed by atoms with Crippen LogP contribution in [0.5, 0.6) is 5.75 Å². The molecule has 4 atom stereocenters. The lowest BCUT2D eigenvalue weighted by molar-refractivity contribution is -0.122. The standard InChI is InChI=1S/C33H34BNO7/c1-19(14-20-11-12-28(36)25-9-4-3-8-24(20)25)10-13-29-30-21(17-41-2)15-26-31(27(30)18-42-29)33(38)35(32(26)37)23-7-5-6-22(16-23)34(39)40/h3-9,11-12,14,16,26-27,29,31,36,39-40H,10,13,15,17-18H2,1-2H3/b19-14+/t26-,27+,29-,31-/m1/s1. The fraction of sp³-hybridized carbons (Fsp3) is 0.333. The Labute approximate surface area is 245 Å². The molecule has 2 heterocycles. The first kappa shape index (κ1) is 28.4. The number of phenols is 1. The second-order valence-corrected chi connectivity index (χ2v) is 11.5. The molecule has 3 aromatic carbocycles. The van der Waals surface area contributed by atoms with Crippen molar-refractivity contribution in [3.63, 3.8) is 0 Å². The summed E-state index contributed by atoms with van der Waals surface area (Å²) in [5.74, 6) is -1.53. The number of hydrogen-bond donors (Lipinski definition) is 3. The maximum atomic E-state index is 13.8. The van der Waals surface area contributed by atoms with Gasteiger partial charge in [-0.2, -0.15) is 0 Å². The predicted octanol–water partition coefficient (Wildman–Crippen LogP) is 3.58. The van der Waals surface area contributed by atoms with Crippen molar-refractivity contribution < 1.29 is 34.2 Å². The highest BCUT2D eigenvalue weighted by Gasteiger charge is 2.57. The van der Waals surface area contributed by atoms with Gasteiger partial charge in [0, 0.05) is 18.4 Å². The summed E-state index contributed by atoms with van der Waals surface area (Å²) in [6.45, 7) is 2.82. The van der Waals surface area contributed by atoms with E-state index in [1.54, 1.807) is 31.4 Å². The molecule has 8 nitrogen and oxygen atoms in total. The Kier molecular flexibility index (Phi) is 7.76. The molecule has 216 valence electrons. The van der Waals surface area contributed by atoms with Crippen LogP contribution in [0.4, 0.5) is 5.69 Å². The lowest BCUT2D eigenvalue weighted by Crippen LogP contribution is -2.36. The van der Waals surface area contributed by atoms with E-state index < -0.39 is 19.0 Å². The van der Waals surface area contributed by atoms with E-state index in [-0.39, 0.29) is 35.0 Å². The Morgan fingerprint density at radius 1 is 1.05 bits per heavy atom. The van der Waals surface area contributed by atoms with E-state index in [0.29, 0.717) is 25.3 Å². The van der Waals surface area contributed by atoms with E-state index in [0.717, 1.165) is 40.3 Å². The monoisotopic (exact) mass is 567 g/mol. The van der Waals surface area contributed by atoms with Crippen LogP contribution in [0.25, 0.3) is 16.8 Å². The summed E-state index contributed by atoms with van der Waals surface area (Å²) in [6.07, 6.45) is 3.91. The number of fused-ring (bicyclic) bond motifs is 4. The lowest BCUT2D eigenvalue weighted by atomic mass is 9.69. The van der Waals surface area contributed by atoms with Crippen LogP contribution in [0.1, 0.15) is 31.7 Å². The van der Waals surface area contributed by atoms with Crippen LogP contribution in [0, 0.1) is 17.8 Å². The smallest absolute Gasteiger partial charge is 0.488 e. The molecule has 3 aliphatic rings. The molecule has 2 saturated heterocycles. The fourth-order valence-electron chi connectivity index (χ4n) is 6.99. The number of methoxy groups -OCH3 is 1. The minimum atomic E-state index is -1.70. The number of rotatable bonds is 8. The highest BCUT2D eigenvalue weighted by molar-refractivity contribution is 6.58. The second-order valence-electron chi connectivity index (χ2n) is 11.5. The Bertz CT molecular complexity index is 1610. The van der Waals surface area contributed by atoms with Crippen LogP contribution < -0.4 is 10.4 Å². The third kappa shape index (κ3) is 4.96. The first-order valence-electron chi connectivity index (χ1n) is 14.3. The van der Waals surface area contributed by atoms with Crippen molar-refractivity contribution in [2.45, 2.75) is 32.3 Å². The van der Waals surface area contributed by atoms with Crippen LogP contribution in [0.15, 0.2) is 77.4 Å². The van der Waals surface area contributed by atoms with E-state index in [1.165, 1.54) is 16.5 Å². The number of nitrogens with zero attached hydrogens (tertiary/aromatic N) is 1. The molecule has 3 N–H and O–H groups in total. The molecule has 0 saturated carbocycles. The van der Waals surface area contributed by atoms with Gasteiger partial charge in [0.25, 0.3) is 0 Å². The van der Waals surface area contributed by atoms with Crippen molar-refractivity contribution in [2.24, 2.45) is 17.8 Å². The molecule has 2 fully saturated rings. The minimum absolute atomic E-state index is 0.175. The van der Waals surface area contributed by atoms with Gasteiger partial charge in [-0.15, -0.1) is 0 Å². The quantitative estimate of drug-likeness (QED) is 0.217. The zero-order chi connectivity index (χ0) is 29.5. The van der Waals surface area contributed by atoms with E-state index in [1.807, 2.05) is 30.3 Å². The highest BCUT2D eigenvalue weighted by atomic mass is 16.5. The van der Waals surface area contributed by atoms with Gasteiger partial charge in [0.1, 0.15) is 5.75 Å². The summed E-state index contributed by atoms with van der Waals surface area (Å²) in [7, 11) is -0.0654. The zero-order valence-electron chi connectivity index (χ0n) is 23.7. The Morgan fingerprint density at radius 3 is 2.60 bits per heavy atom. The van der Waals surface area contributed by atoms with Gasteiger partial charge in [-0.1, -0.05) is 54.1 Å². The molecule has 0 unspecified atom stereocenters. The summed E-state index contributed by atoms with van der Waals surface area (Å²) in [5.41, 5.74) is 4.89. The van der Waals surface area contributed by atoms with Crippen molar-refractivity contribution in [2.75, 3.05) is 25.2 Å². The van der Waals surface area contributed by atoms with Crippen molar-refractivity contribution in [3.8, 4) is 5.75 Å². The van der Waals surface area contributed by atoms with Gasteiger partial charge in [0.2, 0.25) is 11.8 Å². The maximum absolute atomic E-state index is 13.8. The largest absolute Gasteiger partial charge is 0.507 e. The summed E-state index contributed by atoms with van der Waals surface area (Å²) < 4.78 is 11.9. The van der Waals surface area contributed by atoms with E-state index in [2.05, 4.69) is 13.0 Å². The molecule has 3 aromatic rings. The normalized spacial score (nSPS) is 24.0. The van der Waals surface area contributed by atoms with Crippen LogP contribution in [-0.2, 0) is 19.1 Å². The number of anilines is 1. The van der Waals surface area contributed by atoms with Gasteiger partial charge in [-0.3, -0.25) is 14.5 Å².